The quantitative estimate of drug-likeness (QED) is 0.827. The Kier molecular flexibility index (Phi) is 3.57. The molecule has 1 aromatic carbocycles. The number of nitrogens with one attached hydrogen (secondary N) is 1. The molecule has 100 valence electrons. The van der Waals surface area contributed by atoms with Crippen molar-refractivity contribution in [3.05, 3.63) is 38.8 Å². The molecule has 0 bridgehead atoms. The Balaban J connectivity index is 2.29. The summed E-state index contributed by atoms with van der Waals surface area (Å²) in [5.41, 5.74) is 10.0. The molecule has 2 rings (SSSR count). The summed E-state index contributed by atoms with van der Waals surface area (Å²) in [7, 11) is 0. The zero-order valence-corrected chi connectivity index (χ0v) is 12.3. The van der Waals surface area contributed by atoms with E-state index >= 15 is 0 Å². The largest absolute Gasteiger partial charge is 0.399 e. The lowest BCUT2D eigenvalue weighted by atomic mass is 10.1. The molecule has 0 saturated heterocycles. The van der Waals surface area contributed by atoms with Crippen molar-refractivity contribution in [3.63, 3.8) is 0 Å². The first-order valence-electron chi connectivity index (χ1n) is 6.00. The van der Waals surface area contributed by atoms with Gasteiger partial charge in [-0.1, -0.05) is 0 Å². The van der Waals surface area contributed by atoms with Crippen molar-refractivity contribution in [1.29, 1.82) is 0 Å². The van der Waals surface area contributed by atoms with Crippen LogP contribution in [0.2, 0.25) is 0 Å². The van der Waals surface area contributed by atoms with Crippen molar-refractivity contribution in [2.75, 3.05) is 11.1 Å². The first-order chi connectivity index (χ1) is 8.88. The lowest BCUT2D eigenvalue weighted by Gasteiger charge is -2.10. The number of nitrogen functional groups attached to an aromatic ring is 1. The van der Waals surface area contributed by atoms with Crippen LogP contribution in [0.25, 0.3) is 0 Å². The second-order valence-corrected chi connectivity index (χ2v) is 5.83. The number of anilines is 2. The summed E-state index contributed by atoms with van der Waals surface area (Å²) in [6.07, 6.45) is 0. The van der Waals surface area contributed by atoms with E-state index in [2.05, 4.69) is 10.3 Å². The fraction of sp³-hybridized carbons (Fsp3) is 0.286. The maximum absolute atomic E-state index is 12.2. The van der Waals surface area contributed by atoms with Gasteiger partial charge in [0.25, 0.3) is 5.91 Å². The predicted octanol–water partition coefficient (Wildman–Crippen LogP) is 3.21. The number of carbonyl (C=O) groups is 1. The maximum atomic E-state index is 12.2. The van der Waals surface area contributed by atoms with Crippen LogP contribution in [0, 0.1) is 27.7 Å². The molecule has 0 unspecified atom stereocenters. The second-order valence-electron chi connectivity index (χ2n) is 4.63. The van der Waals surface area contributed by atoms with E-state index in [1.807, 2.05) is 39.8 Å². The van der Waals surface area contributed by atoms with Gasteiger partial charge in [0.2, 0.25) is 0 Å². The summed E-state index contributed by atoms with van der Waals surface area (Å²) in [4.78, 5) is 17.1. The average Bonchev–Trinajstić information content (AvgIpc) is 2.65. The highest BCUT2D eigenvalue weighted by molar-refractivity contribution is 7.13. The Hall–Kier alpha value is -1.88. The molecule has 1 heterocycles. The zero-order valence-electron chi connectivity index (χ0n) is 11.5. The summed E-state index contributed by atoms with van der Waals surface area (Å²) in [5, 5.41) is 3.82. The van der Waals surface area contributed by atoms with Crippen LogP contribution in [-0.2, 0) is 0 Å². The molecule has 0 fully saturated rings. The topological polar surface area (TPSA) is 68.0 Å². The molecular formula is C14H17N3OS. The summed E-state index contributed by atoms with van der Waals surface area (Å²) in [6.45, 7) is 7.59. The molecule has 1 aromatic heterocycles. The van der Waals surface area contributed by atoms with E-state index in [1.165, 1.54) is 11.3 Å². The van der Waals surface area contributed by atoms with Gasteiger partial charge in [-0.15, -0.1) is 11.3 Å². The van der Waals surface area contributed by atoms with Gasteiger partial charge in [-0.2, -0.15) is 0 Å². The van der Waals surface area contributed by atoms with E-state index in [0.717, 1.165) is 33.2 Å². The smallest absolute Gasteiger partial charge is 0.267 e. The van der Waals surface area contributed by atoms with Gasteiger partial charge in [0.05, 0.1) is 10.7 Å². The first-order valence-corrected chi connectivity index (χ1v) is 6.82. The molecule has 0 aliphatic heterocycles. The highest BCUT2D eigenvalue weighted by Crippen LogP contribution is 2.24. The number of benzene rings is 1. The molecule has 19 heavy (non-hydrogen) atoms. The Morgan fingerprint density at radius 3 is 2.47 bits per heavy atom. The molecule has 4 nitrogen and oxygen atoms in total. The Labute approximate surface area is 116 Å². The fourth-order valence-corrected chi connectivity index (χ4v) is 2.71. The van der Waals surface area contributed by atoms with E-state index in [-0.39, 0.29) is 5.91 Å². The van der Waals surface area contributed by atoms with Gasteiger partial charge in [0.1, 0.15) is 4.88 Å². The summed E-state index contributed by atoms with van der Waals surface area (Å²) >= 11 is 1.41. The number of aromatic nitrogens is 1. The maximum Gasteiger partial charge on any atom is 0.267 e. The van der Waals surface area contributed by atoms with E-state index < -0.39 is 0 Å². The van der Waals surface area contributed by atoms with Gasteiger partial charge in [-0.05, 0) is 51.0 Å². The van der Waals surface area contributed by atoms with Crippen molar-refractivity contribution in [1.82, 2.24) is 4.98 Å². The minimum Gasteiger partial charge on any atom is -0.399 e. The number of nitrogens with two attached hydrogens (primary N) is 1. The Bertz CT molecular complexity index is 646. The minimum absolute atomic E-state index is 0.115. The minimum atomic E-state index is -0.115. The lowest BCUT2D eigenvalue weighted by molar-refractivity contribution is 0.102. The number of aryl methyl sites for hydroxylation is 4. The van der Waals surface area contributed by atoms with Crippen molar-refractivity contribution < 1.29 is 4.79 Å². The van der Waals surface area contributed by atoms with Crippen LogP contribution in [0.3, 0.4) is 0 Å². The normalized spacial score (nSPS) is 10.5. The molecule has 0 saturated carbocycles. The molecule has 2 aromatic rings. The molecule has 1 amide bonds. The fourth-order valence-electron chi connectivity index (χ4n) is 1.89. The highest BCUT2D eigenvalue weighted by Gasteiger charge is 2.15. The van der Waals surface area contributed by atoms with Crippen LogP contribution in [0.15, 0.2) is 12.1 Å². The SMILES string of the molecule is Cc1nc(C)c(C(=O)Nc2cc(C)c(N)cc2C)s1. The molecule has 3 N–H and O–H groups in total. The third-order valence-electron chi connectivity index (χ3n) is 2.97. The van der Waals surface area contributed by atoms with Crippen LogP contribution in [0.1, 0.15) is 31.5 Å². The second kappa shape index (κ2) is 5.01. The van der Waals surface area contributed by atoms with E-state index in [0.29, 0.717) is 4.88 Å². The number of thiazole rings is 1. The third kappa shape index (κ3) is 2.76. The van der Waals surface area contributed by atoms with Crippen LogP contribution >= 0.6 is 11.3 Å². The van der Waals surface area contributed by atoms with Gasteiger partial charge >= 0.3 is 0 Å². The van der Waals surface area contributed by atoms with Gasteiger partial charge < -0.3 is 11.1 Å². The molecule has 0 aliphatic rings. The summed E-state index contributed by atoms with van der Waals surface area (Å²) in [6, 6.07) is 3.77. The van der Waals surface area contributed by atoms with E-state index in [4.69, 9.17) is 5.73 Å². The summed E-state index contributed by atoms with van der Waals surface area (Å²) in [5.74, 6) is -0.115. The number of amides is 1. The third-order valence-corrected chi connectivity index (χ3v) is 4.04. The molecule has 0 radical (unpaired) electrons. The van der Waals surface area contributed by atoms with E-state index in [1.54, 1.807) is 0 Å². The number of hydrogen-bond donors (Lipinski definition) is 2. The van der Waals surface area contributed by atoms with Crippen LogP contribution in [0.5, 0.6) is 0 Å². The molecule has 0 atom stereocenters. The van der Waals surface area contributed by atoms with Crippen LogP contribution < -0.4 is 11.1 Å². The molecule has 5 heteroatoms. The molecule has 0 spiro atoms. The lowest BCUT2D eigenvalue weighted by Crippen LogP contribution is -2.13. The summed E-state index contributed by atoms with van der Waals surface area (Å²) < 4.78 is 0. The van der Waals surface area contributed by atoms with Crippen molar-refractivity contribution in [2.45, 2.75) is 27.7 Å². The Morgan fingerprint density at radius 2 is 1.89 bits per heavy atom. The Morgan fingerprint density at radius 1 is 1.21 bits per heavy atom. The van der Waals surface area contributed by atoms with Gasteiger partial charge in [-0.3, -0.25) is 4.79 Å². The van der Waals surface area contributed by atoms with Crippen molar-refractivity contribution >= 4 is 28.6 Å². The van der Waals surface area contributed by atoms with Crippen molar-refractivity contribution in [2.24, 2.45) is 0 Å². The molecule has 0 aliphatic carbocycles. The van der Waals surface area contributed by atoms with Gasteiger partial charge in [0.15, 0.2) is 0 Å². The number of nitrogens with zero attached hydrogens (tertiary/aromatic N) is 1. The first kappa shape index (κ1) is 13.5. The van der Waals surface area contributed by atoms with E-state index in [9.17, 15) is 4.79 Å². The zero-order chi connectivity index (χ0) is 14.2. The monoisotopic (exact) mass is 275 g/mol. The number of carbonyl (C=O) groups excluding carboxylic acids is 1. The average molecular weight is 275 g/mol. The van der Waals surface area contributed by atoms with Crippen LogP contribution in [0.4, 0.5) is 11.4 Å². The van der Waals surface area contributed by atoms with Gasteiger partial charge in [0, 0.05) is 11.4 Å². The standard InChI is InChI=1S/C14H17N3OS/c1-7-6-12(8(2)5-11(7)15)17-14(18)13-9(3)16-10(4)19-13/h5-6H,15H2,1-4H3,(H,17,18). The van der Waals surface area contributed by atoms with Crippen LogP contribution in [-0.4, -0.2) is 10.9 Å². The number of rotatable bonds is 2. The van der Waals surface area contributed by atoms with Crippen molar-refractivity contribution in [3.8, 4) is 0 Å². The number of hydrogen-bond acceptors (Lipinski definition) is 4. The predicted molar refractivity (Wildman–Crippen MR) is 79.9 cm³/mol. The highest BCUT2D eigenvalue weighted by atomic mass is 32.1. The molecular weight excluding hydrogens is 258 g/mol. The van der Waals surface area contributed by atoms with Gasteiger partial charge in [-0.25, -0.2) is 4.98 Å².